The number of hydrogen-bond donors (Lipinski definition) is 2. The molecule has 3 rings (SSSR count). The first-order valence-electron chi connectivity index (χ1n) is 7.54. The predicted octanol–water partition coefficient (Wildman–Crippen LogP) is 1.47. The molecule has 8 heteroatoms. The van der Waals surface area contributed by atoms with Gasteiger partial charge in [-0.05, 0) is 43.7 Å². The Kier molecular flexibility index (Phi) is 4.10. The number of amides is 3. The van der Waals surface area contributed by atoms with Gasteiger partial charge in [-0.1, -0.05) is 0 Å². The standard InChI is InChI=1S/C17H16N4O4/c1-10-6-12(11(2)21(10)13-4-3-5-18-8-13)7-14-16(24)20(9-15(22)23)17(25)19-14/h3-8H,9H2,1-2H3,(H,19,25)(H,22,23). The molecule has 0 saturated carbocycles. The molecule has 1 aliphatic rings. The fourth-order valence-electron chi connectivity index (χ4n) is 2.82. The Bertz CT molecular complexity index is 899. The van der Waals surface area contributed by atoms with Crippen LogP contribution in [0.15, 0.2) is 36.3 Å². The molecule has 0 radical (unpaired) electrons. The minimum absolute atomic E-state index is 0.0534. The molecule has 3 amide bonds. The maximum atomic E-state index is 12.2. The summed E-state index contributed by atoms with van der Waals surface area (Å²) >= 11 is 0. The molecular weight excluding hydrogens is 324 g/mol. The van der Waals surface area contributed by atoms with Crippen molar-refractivity contribution in [2.75, 3.05) is 6.54 Å². The first kappa shape index (κ1) is 16.4. The molecule has 3 heterocycles. The molecule has 2 aromatic heterocycles. The Balaban J connectivity index is 1.97. The molecule has 0 bridgehead atoms. The highest BCUT2D eigenvalue weighted by Crippen LogP contribution is 2.23. The van der Waals surface area contributed by atoms with Gasteiger partial charge in [-0.15, -0.1) is 0 Å². The van der Waals surface area contributed by atoms with Crippen LogP contribution in [0.5, 0.6) is 0 Å². The molecule has 0 aromatic carbocycles. The average Bonchev–Trinajstić information content (AvgIpc) is 2.99. The molecule has 1 aliphatic heterocycles. The Labute approximate surface area is 143 Å². The van der Waals surface area contributed by atoms with Gasteiger partial charge in [0.25, 0.3) is 5.91 Å². The van der Waals surface area contributed by atoms with Gasteiger partial charge in [0.05, 0.1) is 11.9 Å². The summed E-state index contributed by atoms with van der Waals surface area (Å²) in [6, 6.07) is 4.90. The average molecular weight is 340 g/mol. The van der Waals surface area contributed by atoms with Gasteiger partial charge < -0.3 is 15.0 Å². The second kappa shape index (κ2) is 6.23. The zero-order valence-electron chi connectivity index (χ0n) is 13.7. The molecule has 128 valence electrons. The van der Waals surface area contributed by atoms with E-state index in [-0.39, 0.29) is 5.70 Å². The van der Waals surface area contributed by atoms with E-state index in [0.29, 0.717) is 4.90 Å². The molecule has 1 fully saturated rings. The van der Waals surface area contributed by atoms with Crippen LogP contribution in [-0.4, -0.2) is 44.0 Å². The highest BCUT2D eigenvalue weighted by Gasteiger charge is 2.35. The van der Waals surface area contributed by atoms with Crippen molar-refractivity contribution >= 4 is 24.0 Å². The van der Waals surface area contributed by atoms with Gasteiger partial charge in [-0.2, -0.15) is 0 Å². The third-order valence-electron chi connectivity index (χ3n) is 3.93. The normalized spacial score (nSPS) is 15.8. The van der Waals surface area contributed by atoms with E-state index in [9.17, 15) is 14.4 Å². The third kappa shape index (κ3) is 3.01. The lowest BCUT2D eigenvalue weighted by Gasteiger charge is -2.08. The van der Waals surface area contributed by atoms with E-state index < -0.39 is 24.5 Å². The first-order valence-corrected chi connectivity index (χ1v) is 7.54. The number of carboxylic acids is 1. The van der Waals surface area contributed by atoms with Crippen molar-refractivity contribution in [2.24, 2.45) is 0 Å². The lowest BCUT2D eigenvalue weighted by atomic mass is 10.2. The number of carboxylic acid groups (broad SMARTS) is 1. The summed E-state index contributed by atoms with van der Waals surface area (Å²) in [5.41, 5.74) is 3.50. The minimum Gasteiger partial charge on any atom is -0.480 e. The number of rotatable bonds is 4. The molecule has 0 aliphatic carbocycles. The van der Waals surface area contributed by atoms with E-state index in [1.165, 1.54) is 0 Å². The number of imide groups is 1. The monoisotopic (exact) mass is 340 g/mol. The van der Waals surface area contributed by atoms with Gasteiger partial charge in [0.2, 0.25) is 0 Å². The van der Waals surface area contributed by atoms with Crippen molar-refractivity contribution in [3.63, 3.8) is 0 Å². The number of carbonyl (C=O) groups is 3. The maximum Gasteiger partial charge on any atom is 0.329 e. The number of aryl methyl sites for hydroxylation is 1. The summed E-state index contributed by atoms with van der Waals surface area (Å²) in [6.45, 7) is 3.15. The SMILES string of the molecule is Cc1cc(C=C2NC(=O)N(CC(=O)O)C2=O)c(C)n1-c1cccnc1. The number of urea groups is 1. The van der Waals surface area contributed by atoms with Gasteiger partial charge in [-0.3, -0.25) is 14.6 Å². The van der Waals surface area contributed by atoms with Crippen LogP contribution in [0.1, 0.15) is 17.0 Å². The molecular formula is C17H16N4O4. The fourth-order valence-corrected chi connectivity index (χ4v) is 2.82. The topological polar surface area (TPSA) is 105 Å². The summed E-state index contributed by atoms with van der Waals surface area (Å²) < 4.78 is 1.98. The smallest absolute Gasteiger partial charge is 0.329 e. The van der Waals surface area contributed by atoms with Crippen molar-refractivity contribution in [1.82, 2.24) is 19.8 Å². The van der Waals surface area contributed by atoms with Crippen LogP contribution >= 0.6 is 0 Å². The number of hydrogen-bond acceptors (Lipinski definition) is 4. The second-order valence-corrected chi connectivity index (χ2v) is 5.65. The largest absolute Gasteiger partial charge is 0.480 e. The van der Waals surface area contributed by atoms with Gasteiger partial charge >= 0.3 is 12.0 Å². The minimum atomic E-state index is -1.25. The molecule has 0 unspecified atom stereocenters. The fraction of sp³-hybridized carbons (Fsp3) is 0.176. The Morgan fingerprint density at radius 3 is 2.76 bits per heavy atom. The van der Waals surface area contributed by atoms with Gasteiger partial charge in [-0.25, -0.2) is 9.69 Å². The van der Waals surface area contributed by atoms with Crippen LogP contribution in [0.2, 0.25) is 0 Å². The lowest BCUT2D eigenvalue weighted by Crippen LogP contribution is -2.35. The van der Waals surface area contributed by atoms with Crippen molar-refractivity contribution in [3.05, 3.63) is 53.2 Å². The van der Waals surface area contributed by atoms with Gasteiger partial charge in [0.1, 0.15) is 12.2 Å². The van der Waals surface area contributed by atoms with E-state index in [1.807, 2.05) is 36.6 Å². The highest BCUT2D eigenvalue weighted by atomic mass is 16.4. The van der Waals surface area contributed by atoms with Gasteiger partial charge in [0.15, 0.2) is 0 Å². The van der Waals surface area contributed by atoms with Crippen LogP contribution < -0.4 is 5.32 Å². The number of aliphatic carboxylic acids is 1. The van der Waals surface area contributed by atoms with Crippen LogP contribution in [0.3, 0.4) is 0 Å². The second-order valence-electron chi connectivity index (χ2n) is 5.65. The number of aromatic nitrogens is 2. The Hall–Kier alpha value is -3.42. The zero-order chi connectivity index (χ0) is 18.1. The summed E-state index contributed by atoms with van der Waals surface area (Å²) in [5.74, 6) is -1.90. The summed E-state index contributed by atoms with van der Waals surface area (Å²) in [6.07, 6.45) is 4.97. The van der Waals surface area contributed by atoms with Crippen molar-refractivity contribution in [3.8, 4) is 5.69 Å². The maximum absolute atomic E-state index is 12.2. The van der Waals surface area contributed by atoms with E-state index in [0.717, 1.165) is 22.6 Å². The molecule has 8 nitrogen and oxygen atoms in total. The Morgan fingerprint density at radius 2 is 2.12 bits per heavy atom. The van der Waals surface area contributed by atoms with Crippen LogP contribution in [0, 0.1) is 13.8 Å². The van der Waals surface area contributed by atoms with Crippen molar-refractivity contribution < 1.29 is 19.5 Å². The van der Waals surface area contributed by atoms with E-state index in [1.54, 1.807) is 18.5 Å². The summed E-state index contributed by atoms with van der Waals surface area (Å²) in [7, 11) is 0. The quantitative estimate of drug-likeness (QED) is 0.648. The first-order chi connectivity index (χ1) is 11.9. The summed E-state index contributed by atoms with van der Waals surface area (Å²) in [5, 5.41) is 11.2. The molecule has 2 aromatic rings. The van der Waals surface area contributed by atoms with E-state index in [4.69, 9.17) is 5.11 Å². The highest BCUT2D eigenvalue weighted by molar-refractivity contribution is 6.15. The molecule has 0 atom stereocenters. The zero-order valence-corrected chi connectivity index (χ0v) is 13.7. The van der Waals surface area contributed by atoms with Crippen LogP contribution in [0.4, 0.5) is 4.79 Å². The molecule has 1 saturated heterocycles. The number of carbonyl (C=O) groups excluding carboxylic acids is 2. The van der Waals surface area contributed by atoms with Crippen molar-refractivity contribution in [1.29, 1.82) is 0 Å². The third-order valence-corrected chi connectivity index (χ3v) is 3.93. The Morgan fingerprint density at radius 1 is 1.36 bits per heavy atom. The van der Waals surface area contributed by atoms with Crippen molar-refractivity contribution in [2.45, 2.75) is 13.8 Å². The predicted molar refractivity (Wildman–Crippen MR) is 88.9 cm³/mol. The van der Waals surface area contributed by atoms with Crippen LogP contribution in [0.25, 0.3) is 11.8 Å². The van der Waals surface area contributed by atoms with E-state index in [2.05, 4.69) is 10.3 Å². The number of nitrogens with zero attached hydrogens (tertiary/aromatic N) is 3. The van der Waals surface area contributed by atoms with E-state index >= 15 is 0 Å². The van der Waals surface area contributed by atoms with Gasteiger partial charge in [0, 0.05) is 17.6 Å². The molecule has 0 spiro atoms. The summed E-state index contributed by atoms with van der Waals surface area (Å²) in [4.78, 5) is 39.5. The van der Waals surface area contributed by atoms with Crippen LogP contribution in [-0.2, 0) is 9.59 Å². The number of pyridine rings is 1. The lowest BCUT2D eigenvalue weighted by molar-refractivity contribution is -0.140. The number of nitrogens with one attached hydrogen (secondary N) is 1. The molecule has 25 heavy (non-hydrogen) atoms. The molecule has 2 N–H and O–H groups in total.